The second-order valence-electron chi connectivity index (χ2n) is 8.63. The van der Waals surface area contributed by atoms with E-state index in [-0.39, 0.29) is 5.78 Å². The number of aromatic nitrogens is 1. The van der Waals surface area contributed by atoms with Crippen LogP contribution in [0.1, 0.15) is 42.2 Å². The summed E-state index contributed by atoms with van der Waals surface area (Å²) in [5.41, 5.74) is 3.94. The largest absolute Gasteiger partial charge is 0.392 e. The molecule has 0 amide bonds. The Morgan fingerprint density at radius 1 is 1.12 bits per heavy atom. The van der Waals surface area contributed by atoms with E-state index in [9.17, 15) is 9.90 Å². The van der Waals surface area contributed by atoms with Crippen molar-refractivity contribution in [2.45, 2.75) is 38.7 Å². The van der Waals surface area contributed by atoms with Gasteiger partial charge in [-0.3, -0.25) is 9.69 Å². The average Bonchev–Trinajstić information content (AvgIpc) is 3.24. The molecule has 3 aromatic rings. The number of fused-ring (bicyclic) bond motifs is 1. The lowest BCUT2D eigenvalue weighted by molar-refractivity contribution is 0.0913. The molecule has 2 N–H and O–H groups in total. The van der Waals surface area contributed by atoms with Crippen LogP contribution in [0.25, 0.3) is 10.9 Å². The lowest BCUT2D eigenvalue weighted by Crippen LogP contribution is -2.48. The zero-order chi connectivity index (χ0) is 22.5. The Hall–Kier alpha value is -2.34. The minimum absolute atomic E-state index is 0.105. The van der Waals surface area contributed by atoms with Crippen LogP contribution in [0.5, 0.6) is 0 Å². The van der Waals surface area contributed by atoms with Crippen LogP contribution >= 0.6 is 11.6 Å². The van der Waals surface area contributed by atoms with Crippen molar-refractivity contribution >= 4 is 34.0 Å². The van der Waals surface area contributed by atoms with Crippen LogP contribution in [-0.2, 0) is 6.42 Å². The summed E-state index contributed by atoms with van der Waals surface area (Å²) in [6, 6.07) is 16.1. The predicted octanol–water partition coefficient (Wildman–Crippen LogP) is 4.92. The number of halogens is 1. The first-order valence-corrected chi connectivity index (χ1v) is 12.0. The minimum Gasteiger partial charge on any atom is -0.392 e. The van der Waals surface area contributed by atoms with E-state index < -0.39 is 6.10 Å². The molecule has 2 aromatic carbocycles. The standard InChI is InChI=1S/C26H32ClN3O2/c1-2-19-8-5-11-24(26(19)27)30-15-13-29(14-16-30)18-21(31)9-6-12-25(32)23-17-20-7-3-4-10-22(20)28-23/h3-5,7-8,10-11,17,21,28,31H,2,6,9,12-16,18H2,1H3. The number of aliphatic hydroxyl groups excluding tert-OH is 1. The van der Waals surface area contributed by atoms with Crippen molar-refractivity contribution in [3.63, 3.8) is 0 Å². The Kier molecular flexibility index (Phi) is 7.51. The van der Waals surface area contributed by atoms with Gasteiger partial charge in [0, 0.05) is 50.0 Å². The number of ketones is 1. The maximum Gasteiger partial charge on any atom is 0.179 e. The highest BCUT2D eigenvalue weighted by Crippen LogP contribution is 2.30. The van der Waals surface area contributed by atoms with Gasteiger partial charge in [0.15, 0.2) is 5.78 Å². The number of hydrogen-bond donors (Lipinski definition) is 2. The quantitative estimate of drug-likeness (QED) is 0.451. The van der Waals surface area contributed by atoms with Crippen LogP contribution in [-0.4, -0.2) is 59.6 Å². The summed E-state index contributed by atoms with van der Waals surface area (Å²) in [5, 5.41) is 12.4. The summed E-state index contributed by atoms with van der Waals surface area (Å²) < 4.78 is 0. The molecule has 0 radical (unpaired) electrons. The maximum absolute atomic E-state index is 12.5. The number of para-hydroxylation sites is 1. The molecule has 4 rings (SSSR count). The SMILES string of the molecule is CCc1cccc(N2CCN(CC(O)CCCC(=O)c3cc4ccccc4[nH]3)CC2)c1Cl. The molecule has 170 valence electrons. The van der Waals surface area contributed by atoms with E-state index in [0.717, 1.165) is 54.2 Å². The molecule has 1 fully saturated rings. The molecule has 1 unspecified atom stereocenters. The highest BCUT2D eigenvalue weighted by Gasteiger charge is 2.21. The molecule has 0 aliphatic carbocycles. The Bertz CT molecular complexity index is 1020. The number of β-amino-alcohol motifs (C(OH)–C–C–N with tert-alkyl or cyclic N) is 1. The maximum atomic E-state index is 12.5. The van der Waals surface area contributed by atoms with E-state index in [1.165, 1.54) is 5.56 Å². The van der Waals surface area contributed by atoms with Crippen molar-refractivity contribution in [1.82, 2.24) is 9.88 Å². The van der Waals surface area contributed by atoms with Gasteiger partial charge in [-0.2, -0.15) is 0 Å². The summed E-state index contributed by atoms with van der Waals surface area (Å²) in [6.07, 6.45) is 2.29. The molecule has 0 saturated carbocycles. The van der Waals surface area contributed by atoms with Crippen LogP contribution in [0.15, 0.2) is 48.5 Å². The topological polar surface area (TPSA) is 59.6 Å². The van der Waals surface area contributed by atoms with Crippen LogP contribution in [0, 0.1) is 0 Å². The molecular formula is C26H32ClN3O2. The number of carbonyl (C=O) groups is 1. The number of nitrogens with one attached hydrogen (secondary N) is 1. The van der Waals surface area contributed by atoms with Gasteiger partial charge in [0.25, 0.3) is 0 Å². The van der Waals surface area contributed by atoms with E-state index in [1.54, 1.807) is 0 Å². The van der Waals surface area contributed by atoms with Crippen molar-refractivity contribution in [2.24, 2.45) is 0 Å². The highest BCUT2D eigenvalue weighted by molar-refractivity contribution is 6.34. The molecule has 2 heterocycles. The Morgan fingerprint density at radius 3 is 2.66 bits per heavy atom. The van der Waals surface area contributed by atoms with Gasteiger partial charge in [0.1, 0.15) is 0 Å². The third-order valence-electron chi connectivity index (χ3n) is 6.39. The normalized spacial score (nSPS) is 15.9. The number of rotatable bonds is 9. The van der Waals surface area contributed by atoms with Gasteiger partial charge in [0.2, 0.25) is 0 Å². The van der Waals surface area contributed by atoms with Gasteiger partial charge in [-0.25, -0.2) is 0 Å². The number of Topliss-reactive ketones (excluding diaryl/α,β-unsaturated/α-hetero) is 1. The Morgan fingerprint density at radius 2 is 1.91 bits per heavy atom. The Balaban J connectivity index is 1.20. The number of aliphatic hydroxyl groups is 1. The lowest BCUT2D eigenvalue weighted by Gasteiger charge is -2.37. The Labute approximate surface area is 195 Å². The number of H-pyrrole nitrogens is 1. The molecule has 1 aliphatic rings. The second kappa shape index (κ2) is 10.5. The third kappa shape index (κ3) is 5.34. The van der Waals surface area contributed by atoms with Gasteiger partial charge < -0.3 is 15.0 Å². The average molecular weight is 454 g/mol. The molecule has 0 spiro atoms. The molecule has 1 atom stereocenters. The van der Waals surface area contributed by atoms with Crippen LogP contribution in [0.4, 0.5) is 5.69 Å². The first-order valence-electron chi connectivity index (χ1n) is 11.6. The van der Waals surface area contributed by atoms with E-state index in [2.05, 4.69) is 39.9 Å². The fourth-order valence-electron chi connectivity index (χ4n) is 4.50. The van der Waals surface area contributed by atoms with E-state index >= 15 is 0 Å². The van der Waals surface area contributed by atoms with Crippen molar-refractivity contribution in [2.75, 3.05) is 37.6 Å². The zero-order valence-corrected chi connectivity index (χ0v) is 19.4. The van der Waals surface area contributed by atoms with E-state index in [0.29, 0.717) is 31.5 Å². The molecule has 5 nitrogen and oxygen atoms in total. The van der Waals surface area contributed by atoms with Crippen LogP contribution in [0.2, 0.25) is 5.02 Å². The molecule has 0 bridgehead atoms. The molecule has 1 aromatic heterocycles. The first kappa shape index (κ1) is 22.8. The fourth-order valence-corrected chi connectivity index (χ4v) is 4.88. The van der Waals surface area contributed by atoms with E-state index in [1.807, 2.05) is 30.3 Å². The number of hydrogen-bond acceptors (Lipinski definition) is 4. The zero-order valence-electron chi connectivity index (χ0n) is 18.7. The summed E-state index contributed by atoms with van der Waals surface area (Å²) in [4.78, 5) is 20.3. The predicted molar refractivity (Wildman–Crippen MR) is 132 cm³/mol. The summed E-state index contributed by atoms with van der Waals surface area (Å²) in [7, 11) is 0. The van der Waals surface area contributed by atoms with Crippen LogP contribution < -0.4 is 4.90 Å². The number of nitrogens with zero attached hydrogens (tertiary/aromatic N) is 2. The van der Waals surface area contributed by atoms with Crippen molar-refractivity contribution in [3.8, 4) is 0 Å². The van der Waals surface area contributed by atoms with E-state index in [4.69, 9.17) is 11.6 Å². The second-order valence-corrected chi connectivity index (χ2v) is 9.01. The van der Waals surface area contributed by atoms with Crippen LogP contribution in [0.3, 0.4) is 0 Å². The van der Waals surface area contributed by atoms with Crippen molar-refractivity contribution < 1.29 is 9.90 Å². The smallest absolute Gasteiger partial charge is 0.179 e. The summed E-state index contributed by atoms with van der Waals surface area (Å²) in [6.45, 7) is 6.38. The molecule has 1 saturated heterocycles. The number of anilines is 1. The van der Waals surface area contributed by atoms with Crippen molar-refractivity contribution in [1.29, 1.82) is 0 Å². The summed E-state index contributed by atoms with van der Waals surface area (Å²) >= 11 is 6.59. The first-order chi connectivity index (χ1) is 15.5. The molecule has 1 aliphatic heterocycles. The molecule has 32 heavy (non-hydrogen) atoms. The van der Waals surface area contributed by atoms with Gasteiger partial charge in [-0.05, 0) is 43.0 Å². The minimum atomic E-state index is -0.413. The molecular weight excluding hydrogens is 422 g/mol. The molecule has 6 heteroatoms. The van der Waals surface area contributed by atoms with Gasteiger partial charge in [0.05, 0.1) is 22.5 Å². The van der Waals surface area contributed by atoms with Gasteiger partial charge in [-0.1, -0.05) is 48.9 Å². The summed E-state index contributed by atoms with van der Waals surface area (Å²) in [5.74, 6) is 0.105. The van der Waals surface area contributed by atoms with Crippen molar-refractivity contribution in [3.05, 3.63) is 64.8 Å². The lowest BCUT2D eigenvalue weighted by atomic mass is 10.1. The van der Waals surface area contributed by atoms with Gasteiger partial charge >= 0.3 is 0 Å². The number of aromatic amines is 1. The van der Waals surface area contributed by atoms with Gasteiger partial charge in [-0.15, -0.1) is 0 Å². The fraction of sp³-hybridized carbons (Fsp3) is 0.423. The number of carbonyl (C=O) groups excluding carboxylic acids is 1. The number of aryl methyl sites for hydroxylation is 1. The number of piperazine rings is 1. The monoisotopic (exact) mass is 453 g/mol. The highest BCUT2D eigenvalue weighted by atomic mass is 35.5. The number of benzene rings is 2. The third-order valence-corrected chi connectivity index (χ3v) is 6.83.